The molecule has 0 radical (unpaired) electrons. The van der Waals surface area contributed by atoms with Gasteiger partial charge in [0, 0.05) is 23.3 Å². The van der Waals surface area contributed by atoms with Crippen LogP contribution in [-0.2, 0) is 6.42 Å². The Kier molecular flexibility index (Phi) is 7.06. The SMILES string of the molecule is [Be+2].[O-]c1cc2ccccc2cc1-c1[nH+]c2ccccc2s1.[O-]c1cc2ccccc2cc1C1=[NH+]c2ccccc2C1. The van der Waals surface area contributed by atoms with Gasteiger partial charge < -0.3 is 10.2 Å². The summed E-state index contributed by atoms with van der Waals surface area (Å²) < 4.78 is 1.16. The fourth-order valence-corrected chi connectivity index (χ4v) is 6.27. The molecule has 1 aliphatic heterocycles. The Labute approximate surface area is 245 Å². The summed E-state index contributed by atoms with van der Waals surface area (Å²) in [6, 6.07) is 39.6. The Morgan fingerprint density at radius 2 is 1.12 bits per heavy atom. The maximum atomic E-state index is 12.3. The van der Waals surface area contributed by atoms with E-state index in [-0.39, 0.29) is 21.6 Å². The summed E-state index contributed by atoms with van der Waals surface area (Å²) in [5.41, 5.74) is 5.94. The van der Waals surface area contributed by atoms with Crippen LogP contribution in [0.4, 0.5) is 5.69 Å². The van der Waals surface area contributed by atoms with E-state index in [4.69, 9.17) is 0 Å². The molecule has 0 fully saturated rings. The van der Waals surface area contributed by atoms with Gasteiger partial charge in [-0.15, -0.1) is 0 Å². The third-order valence-electron chi connectivity index (χ3n) is 7.28. The number of H-pyrrole nitrogens is 1. The summed E-state index contributed by atoms with van der Waals surface area (Å²) in [5.74, 6) is 0.144. The van der Waals surface area contributed by atoms with Gasteiger partial charge in [0.2, 0.25) is 11.2 Å². The number of hydrogen-bond donors (Lipinski definition) is 1. The van der Waals surface area contributed by atoms with E-state index >= 15 is 0 Å². The van der Waals surface area contributed by atoms with Gasteiger partial charge in [-0.25, -0.2) is 4.99 Å². The normalized spacial score (nSPS) is 12.0. The topological polar surface area (TPSA) is 74.2 Å². The van der Waals surface area contributed by atoms with Gasteiger partial charge in [-0.1, -0.05) is 114 Å². The van der Waals surface area contributed by atoms with E-state index in [1.165, 1.54) is 5.56 Å². The number of para-hydroxylation sites is 2. The Morgan fingerprint density at radius 3 is 1.78 bits per heavy atom. The minimum atomic E-state index is 0. The number of rotatable bonds is 2. The van der Waals surface area contributed by atoms with Crippen molar-refractivity contribution in [2.24, 2.45) is 0 Å². The second-order valence-corrected chi connectivity index (χ2v) is 10.9. The van der Waals surface area contributed by atoms with Crippen LogP contribution >= 0.6 is 11.3 Å². The second-order valence-electron chi connectivity index (χ2n) is 9.88. The maximum absolute atomic E-state index is 12.3. The molecule has 0 bridgehead atoms. The molecule has 0 atom stereocenters. The molecule has 0 spiro atoms. The fourth-order valence-electron chi connectivity index (χ4n) is 5.25. The molecular weight excluding hydrogens is 521 g/mol. The molecule has 7 aromatic rings. The summed E-state index contributed by atoms with van der Waals surface area (Å²) in [6.07, 6.45) is 0.795. The molecule has 0 saturated carbocycles. The fraction of sp³-hybridized carbons (Fsp3) is 0.0286. The molecule has 0 aliphatic carbocycles. The summed E-state index contributed by atoms with van der Waals surface area (Å²) in [7, 11) is 0. The first-order chi connectivity index (χ1) is 19.6. The zero-order valence-electron chi connectivity index (χ0n) is 22.2. The largest absolute Gasteiger partial charge is 2.00 e. The van der Waals surface area contributed by atoms with Crippen LogP contribution < -0.4 is 20.2 Å². The van der Waals surface area contributed by atoms with E-state index < -0.39 is 0 Å². The standard InChI is InChI=1S/C18H13NO.C17H11NOS.Be/c20-18-11-13-6-2-1-5-12(13)9-15(18)17-10-14-7-3-4-8-16(14)19-17;19-15-10-12-6-2-1-5-11(12)9-13(15)17-18-14-7-3-4-8-16(14)20-17;/h1-9,11,20H,10H2;1-10,19H;/q;;+2. The summed E-state index contributed by atoms with van der Waals surface area (Å²) in [6.45, 7) is 0. The van der Waals surface area contributed by atoms with Crippen LogP contribution in [0.1, 0.15) is 11.1 Å². The molecule has 8 rings (SSSR count). The van der Waals surface area contributed by atoms with Gasteiger partial charge in [0.05, 0.1) is 12.0 Å². The monoisotopic (exact) mass is 545 g/mol. The minimum Gasteiger partial charge on any atom is -0.872 e. The number of hydrogen-bond acceptors (Lipinski definition) is 3. The van der Waals surface area contributed by atoms with E-state index in [1.807, 2.05) is 97.1 Å². The molecule has 4 nitrogen and oxygen atoms in total. The van der Waals surface area contributed by atoms with Crippen molar-refractivity contribution in [2.45, 2.75) is 6.42 Å². The second kappa shape index (κ2) is 11.0. The van der Waals surface area contributed by atoms with Gasteiger partial charge in [0.15, 0.2) is 5.71 Å². The van der Waals surface area contributed by atoms with E-state index in [9.17, 15) is 10.2 Å². The van der Waals surface area contributed by atoms with Gasteiger partial charge in [-0.3, -0.25) is 0 Å². The summed E-state index contributed by atoms with van der Waals surface area (Å²) >= 11 is 1.62. The predicted molar refractivity (Wildman–Crippen MR) is 165 cm³/mol. The van der Waals surface area contributed by atoms with Crippen molar-refractivity contribution in [3.63, 3.8) is 0 Å². The third-order valence-corrected chi connectivity index (χ3v) is 8.38. The average molecular weight is 546 g/mol. The van der Waals surface area contributed by atoms with Crippen LogP contribution in [0.15, 0.2) is 121 Å². The third kappa shape index (κ3) is 5.09. The van der Waals surface area contributed by atoms with E-state index in [0.29, 0.717) is 0 Å². The Morgan fingerprint density at radius 1 is 0.585 bits per heavy atom. The molecular formula is C35H24BeN2O2S+2. The zero-order valence-corrected chi connectivity index (χ0v) is 23.0. The van der Waals surface area contributed by atoms with Crippen LogP contribution in [0.2, 0.25) is 0 Å². The Hall–Kier alpha value is -4.83. The zero-order chi connectivity index (χ0) is 27.1. The van der Waals surface area contributed by atoms with Crippen LogP contribution in [0.3, 0.4) is 0 Å². The van der Waals surface area contributed by atoms with Crippen molar-refractivity contribution in [2.75, 3.05) is 0 Å². The predicted octanol–water partition coefficient (Wildman–Crippen LogP) is 4.90. The van der Waals surface area contributed by atoms with Gasteiger partial charge in [0.1, 0.15) is 4.70 Å². The van der Waals surface area contributed by atoms with Crippen molar-refractivity contribution in [3.8, 4) is 22.1 Å². The summed E-state index contributed by atoms with van der Waals surface area (Å²) in [5, 5.41) is 29.7. The molecule has 0 amide bonds. The number of benzene rings is 6. The van der Waals surface area contributed by atoms with Crippen molar-refractivity contribution in [1.29, 1.82) is 0 Å². The number of fused-ring (bicyclic) bond motifs is 4. The quantitative estimate of drug-likeness (QED) is 0.314. The van der Waals surface area contributed by atoms with Gasteiger partial charge in [-0.05, 0) is 39.7 Å². The molecule has 2 N–H and O–H groups in total. The molecule has 2 heterocycles. The smallest absolute Gasteiger partial charge is 0.872 e. The van der Waals surface area contributed by atoms with Crippen LogP contribution in [0.25, 0.3) is 42.3 Å². The molecule has 192 valence electrons. The number of aromatic amines is 1. The van der Waals surface area contributed by atoms with Crippen LogP contribution in [-0.4, -0.2) is 15.8 Å². The molecule has 6 heteroatoms. The van der Waals surface area contributed by atoms with Crippen molar-refractivity contribution in [1.82, 2.24) is 0 Å². The molecule has 0 unspecified atom stereocenters. The molecule has 0 saturated heterocycles. The Bertz CT molecular complexity index is 2050. The van der Waals surface area contributed by atoms with E-state index in [0.717, 1.165) is 65.7 Å². The van der Waals surface area contributed by atoms with Gasteiger partial charge in [-0.2, -0.15) is 4.98 Å². The first-order valence-electron chi connectivity index (χ1n) is 13.1. The molecule has 41 heavy (non-hydrogen) atoms. The van der Waals surface area contributed by atoms with E-state index in [2.05, 4.69) is 22.1 Å². The first-order valence-corrected chi connectivity index (χ1v) is 14.0. The van der Waals surface area contributed by atoms with Crippen molar-refractivity contribution < 1.29 is 20.2 Å². The minimum absolute atomic E-state index is 0. The van der Waals surface area contributed by atoms with Gasteiger partial charge in [0.25, 0.3) is 5.01 Å². The van der Waals surface area contributed by atoms with Crippen LogP contribution in [0, 0.1) is 0 Å². The number of aromatic nitrogens is 1. The van der Waals surface area contributed by atoms with Crippen molar-refractivity contribution in [3.05, 3.63) is 132 Å². The van der Waals surface area contributed by atoms with Crippen LogP contribution in [0.5, 0.6) is 11.5 Å². The van der Waals surface area contributed by atoms with E-state index in [1.54, 1.807) is 23.5 Å². The van der Waals surface area contributed by atoms with Gasteiger partial charge >= 0.3 is 10.1 Å². The molecule has 1 aliphatic rings. The average Bonchev–Trinajstić information content (AvgIpc) is 3.61. The summed E-state index contributed by atoms with van der Waals surface area (Å²) in [4.78, 5) is 6.71. The number of nitrogens with one attached hydrogen (secondary N) is 2. The molecule has 6 aromatic carbocycles. The first kappa shape index (κ1) is 26.4. The molecule has 1 aromatic heterocycles. The maximum Gasteiger partial charge on any atom is 2.00 e. The van der Waals surface area contributed by atoms with Crippen molar-refractivity contribution >= 4 is 64.6 Å². The number of thiazole rings is 1. The Balaban J connectivity index is 0.000000144.